The minimum absolute atomic E-state index is 0.0266. The van der Waals surface area contributed by atoms with E-state index in [0.717, 1.165) is 0 Å². The molecule has 0 aromatic rings. The zero-order chi connectivity index (χ0) is 10.2. The molecule has 0 aromatic heterocycles. The normalized spacial score (nSPS) is 15.8. The van der Waals surface area contributed by atoms with Crippen LogP contribution in [0.3, 0.4) is 0 Å². The highest BCUT2D eigenvalue weighted by Crippen LogP contribution is 2.33. The van der Waals surface area contributed by atoms with Crippen LogP contribution >= 0.6 is 0 Å². The Bertz CT molecular complexity index is 192. The summed E-state index contributed by atoms with van der Waals surface area (Å²) in [6, 6.07) is 0. The molecule has 0 aliphatic carbocycles. The molecule has 0 amide bonds. The smallest absolute Gasteiger partial charge is 0.0205 e. The van der Waals surface area contributed by atoms with Gasteiger partial charge in [-0.25, -0.2) is 0 Å². The van der Waals surface area contributed by atoms with Crippen LogP contribution in [-0.4, -0.2) is 20.5 Å². The maximum Gasteiger partial charge on any atom is 0.0205 e. The first-order valence-corrected chi connectivity index (χ1v) is 6.93. The molecular weight excluding hydrogens is 168 g/mol. The largest absolute Gasteiger partial charge is 0.284 e. The van der Waals surface area contributed by atoms with E-state index in [0.29, 0.717) is 11.2 Å². The van der Waals surface area contributed by atoms with E-state index in [4.69, 9.17) is 0 Å². The van der Waals surface area contributed by atoms with Gasteiger partial charge in [0.2, 0.25) is 0 Å². The zero-order valence-corrected chi connectivity index (χ0v) is 10.4. The molecule has 0 bridgehead atoms. The van der Waals surface area contributed by atoms with Crippen molar-refractivity contribution in [3.63, 3.8) is 0 Å². The van der Waals surface area contributed by atoms with E-state index in [1.807, 2.05) is 6.26 Å². The summed E-state index contributed by atoms with van der Waals surface area (Å²) in [5.74, 6) is 0.482. The number of hydrogen-bond acceptors (Lipinski definition) is 1. The van der Waals surface area contributed by atoms with Gasteiger partial charge < -0.3 is 0 Å². The van der Waals surface area contributed by atoms with Crippen LogP contribution in [0.25, 0.3) is 0 Å². The Balaban J connectivity index is 4.89. The predicted octanol–water partition coefficient (Wildman–Crippen LogP) is 2.48. The topological polar surface area (TPSA) is 17.1 Å². The van der Waals surface area contributed by atoms with E-state index in [1.54, 1.807) is 0 Å². The van der Waals surface area contributed by atoms with Gasteiger partial charge in [-0.2, -0.15) is 0 Å². The highest BCUT2D eigenvalue weighted by atomic mass is 32.2. The second kappa shape index (κ2) is 3.49. The van der Waals surface area contributed by atoms with Crippen LogP contribution in [0.2, 0.25) is 0 Å². The Hall–Kier alpha value is 0.150. The molecule has 0 aliphatic heterocycles. The van der Waals surface area contributed by atoms with Gasteiger partial charge in [0.1, 0.15) is 0 Å². The van der Waals surface area contributed by atoms with Gasteiger partial charge in [-0.1, -0.05) is 37.6 Å². The molecule has 1 nitrogen and oxygen atoms in total. The van der Waals surface area contributed by atoms with Crippen molar-refractivity contribution >= 4 is 9.93 Å². The van der Waals surface area contributed by atoms with Crippen LogP contribution < -0.4 is 0 Å². The third kappa shape index (κ3) is 1.90. The number of hydrogen-bond donors (Lipinski definition) is 1. The first-order chi connectivity index (χ1) is 5.14. The molecule has 76 valence electrons. The summed E-state index contributed by atoms with van der Waals surface area (Å²) in [5.41, 5.74) is 0. The van der Waals surface area contributed by atoms with Gasteiger partial charge in [-0.05, 0) is 26.0 Å². The Morgan fingerprint density at radius 1 is 1.08 bits per heavy atom. The SMILES string of the molecule is CC(C)C(C)(C)[SH](C)(=O)C(C)C. The van der Waals surface area contributed by atoms with Crippen molar-refractivity contribution in [1.82, 2.24) is 0 Å². The van der Waals surface area contributed by atoms with E-state index >= 15 is 0 Å². The molecule has 12 heavy (non-hydrogen) atoms. The number of thiol groups is 1. The standard InChI is InChI=1S/C10H24OS/c1-8(2)10(5,6)12(7,11)9(3)4/h8-9,12H,1-7H3. The van der Waals surface area contributed by atoms with Gasteiger partial charge in [0.15, 0.2) is 0 Å². The summed E-state index contributed by atoms with van der Waals surface area (Å²) in [4.78, 5) is 0. The Labute approximate surface area is 78.4 Å². The molecule has 0 rings (SSSR count). The second-order valence-corrected chi connectivity index (χ2v) is 9.06. The Morgan fingerprint density at radius 3 is 1.50 bits per heavy atom. The predicted molar refractivity (Wildman–Crippen MR) is 59.5 cm³/mol. The van der Waals surface area contributed by atoms with Crippen LogP contribution in [0.1, 0.15) is 41.5 Å². The molecule has 0 N–H and O–H groups in total. The fourth-order valence-corrected chi connectivity index (χ4v) is 3.53. The first kappa shape index (κ1) is 12.2. The minimum Gasteiger partial charge on any atom is -0.284 e. The van der Waals surface area contributed by atoms with E-state index in [-0.39, 0.29) is 4.75 Å². The van der Waals surface area contributed by atoms with Gasteiger partial charge in [0.05, 0.1) is 0 Å². The lowest BCUT2D eigenvalue weighted by Crippen LogP contribution is -2.46. The summed E-state index contributed by atoms with van der Waals surface area (Å²) in [6.45, 7) is 12.7. The zero-order valence-electron chi connectivity index (χ0n) is 9.51. The molecule has 2 heteroatoms. The summed E-state index contributed by atoms with van der Waals surface area (Å²) in [7, 11) is -2.02. The molecule has 0 unspecified atom stereocenters. The van der Waals surface area contributed by atoms with Crippen molar-refractivity contribution in [2.45, 2.75) is 51.5 Å². The summed E-state index contributed by atoms with van der Waals surface area (Å²) >= 11 is 0. The maximum absolute atomic E-state index is 12.4. The van der Waals surface area contributed by atoms with Crippen LogP contribution in [-0.2, 0) is 9.93 Å². The average molecular weight is 192 g/mol. The Morgan fingerprint density at radius 2 is 1.42 bits per heavy atom. The lowest BCUT2D eigenvalue weighted by Gasteiger charge is -2.42. The average Bonchev–Trinajstić information content (AvgIpc) is 1.86. The highest BCUT2D eigenvalue weighted by molar-refractivity contribution is 8.04. The minimum atomic E-state index is -2.02. The van der Waals surface area contributed by atoms with E-state index < -0.39 is 9.93 Å². The molecule has 0 radical (unpaired) electrons. The molecule has 0 aromatic carbocycles. The first-order valence-electron chi connectivity index (χ1n) is 4.71. The highest BCUT2D eigenvalue weighted by Gasteiger charge is 2.36. The van der Waals surface area contributed by atoms with Crippen LogP contribution in [0.15, 0.2) is 0 Å². The summed E-state index contributed by atoms with van der Waals surface area (Å²) < 4.78 is 12.4. The lowest BCUT2D eigenvalue weighted by atomic mass is 10.00. The summed E-state index contributed by atoms with van der Waals surface area (Å²) in [6.07, 6.45) is 1.94. The fourth-order valence-electron chi connectivity index (χ4n) is 1.18. The van der Waals surface area contributed by atoms with Crippen molar-refractivity contribution in [1.29, 1.82) is 0 Å². The summed E-state index contributed by atoms with van der Waals surface area (Å²) in [5, 5.41) is 0.301. The monoisotopic (exact) mass is 192 g/mol. The second-order valence-electron chi connectivity index (χ2n) is 4.89. The van der Waals surface area contributed by atoms with Gasteiger partial charge in [0, 0.05) is 10.00 Å². The molecular formula is C10H24OS. The third-order valence-electron chi connectivity index (χ3n) is 3.54. The molecule has 0 spiro atoms. The van der Waals surface area contributed by atoms with Crippen molar-refractivity contribution < 1.29 is 4.21 Å². The molecule has 0 aliphatic rings. The fraction of sp³-hybridized carbons (Fsp3) is 1.00. The van der Waals surface area contributed by atoms with Crippen LogP contribution in [0.5, 0.6) is 0 Å². The van der Waals surface area contributed by atoms with Crippen molar-refractivity contribution in [2.24, 2.45) is 5.92 Å². The molecule has 0 atom stereocenters. The molecule has 0 heterocycles. The van der Waals surface area contributed by atoms with E-state index in [1.165, 1.54) is 0 Å². The maximum atomic E-state index is 12.4. The lowest BCUT2D eigenvalue weighted by molar-refractivity contribution is 0.474. The Kier molecular flexibility index (Phi) is 3.53. The number of rotatable bonds is 3. The van der Waals surface area contributed by atoms with Crippen LogP contribution in [0.4, 0.5) is 0 Å². The molecule has 0 fully saturated rings. The van der Waals surface area contributed by atoms with Gasteiger partial charge >= 0.3 is 0 Å². The van der Waals surface area contributed by atoms with Crippen molar-refractivity contribution in [3.05, 3.63) is 0 Å². The van der Waals surface area contributed by atoms with E-state index in [2.05, 4.69) is 41.5 Å². The van der Waals surface area contributed by atoms with Gasteiger partial charge in [-0.15, -0.1) is 0 Å². The molecule has 0 saturated carbocycles. The van der Waals surface area contributed by atoms with Crippen LogP contribution in [0, 0.1) is 5.92 Å². The third-order valence-corrected chi connectivity index (χ3v) is 8.32. The van der Waals surface area contributed by atoms with Gasteiger partial charge in [0.25, 0.3) is 0 Å². The molecule has 0 saturated heterocycles. The van der Waals surface area contributed by atoms with E-state index in [9.17, 15) is 4.21 Å². The quantitative estimate of drug-likeness (QED) is 0.680. The van der Waals surface area contributed by atoms with Crippen molar-refractivity contribution in [3.8, 4) is 0 Å². The van der Waals surface area contributed by atoms with Gasteiger partial charge in [-0.3, -0.25) is 4.21 Å². The van der Waals surface area contributed by atoms with Crippen molar-refractivity contribution in [2.75, 3.05) is 6.26 Å².